The zero-order chi connectivity index (χ0) is 21.5. The van der Waals surface area contributed by atoms with Gasteiger partial charge < -0.3 is 9.47 Å². The van der Waals surface area contributed by atoms with E-state index >= 15 is 0 Å². The molecule has 8 heteroatoms. The lowest BCUT2D eigenvalue weighted by molar-refractivity contribution is -0.284. The highest BCUT2D eigenvalue weighted by atomic mass is 19.4. The normalized spacial score (nSPS) is 12.2. The van der Waals surface area contributed by atoms with Crippen molar-refractivity contribution < 1.29 is 36.2 Å². The molecule has 0 N–H and O–H groups in total. The van der Waals surface area contributed by atoms with E-state index in [9.17, 15) is 26.7 Å². The molecule has 2 aromatic rings. The summed E-state index contributed by atoms with van der Waals surface area (Å²) >= 11 is 0. The molecule has 0 heterocycles. The summed E-state index contributed by atoms with van der Waals surface area (Å²) in [5, 5.41) is 0. The summed E-state index contributed by atoms with van der Waals surface area (Å²) in [6, 6.07) is 12.5. The van der Waals surface area contributed by atoms with E-state index in [4.69, 9.17) is 9.47 Å². The Morgan fingerprint density at radius 2 is 1.52 bits per heavy atom. The molecule has 0 aliphatic carbocycles. The fourth-order valence-corrected chi connectivity index (χ4v) is 2.32. The number of halogens is 5. The van der Waals surface area contributed by atoms with Gasteiger partial charge in [0.15, 0.2) is 0 Å². The number of ether oxygens (including phenoxy) is 2. The monoisotopic (exact) mass is 414 g/mol. The lowest BCUT2D eigenvalue weighted by Crippen LogP contribution is -2.36. The predicted octanol–water partition coefficient (Wildman–Crippen LogP) is 6.30. The van der Waals surface area contributed by atoms with Crippen LogP contribution in [-0.2, 0) is 0 Å². The number of esters is 1. The molecule has 0 aromatic heterocycles. The number of hydrogen-bond acceptors (Lipinski definition) is 3. The van der Waals surface area contributed by atoms with E-state index in [1.54, 1.807) is 24.3 Å². The summed E-state index contributed by atoms with van der Waals surface area (Å²) < 4.78 is 72.2. The van der Waals surface area contributed by atoms with Crippen LogP contribution in [0.25, 0.3) is 6.08 Å². The highest BCUT2D eigenvalue weighted by Crippen LogP contribution is 2.38. The molecule has 0 saturated carbocycles. The van der Waals surface area contributed by atoms with Crippen LogP contribution in [0.3, 0.4) is 0 Å². The number of hydrogen-bond donors (Lipinski definition) is 0. The lowest BCUT2D eigenvalue weighted by Gasteiger charge is -2.19. The summed E-state index contributed by atoms with van der Waals surface area (Å²) in [5.41, 5.74) is 1.19. The predicted molar refractivity (Wildman–Crippen MR) is 98.3 cm³/mol. The summed E-state index contributed by atoms with van der Waals surface area (Å²) in [6.07, 6.45) is -3.61. The molecule has 0 aliphatic rings. The van der Waals surface area contributed by atoms with E-state index in [0.717, 1.165) is 5.56 Å². The molecule has 0 saturated heterocycles. The van der Waals surface area contributed by atoms with E-state index in [0.29, 0.717) is 5.75 Å². The van der Waals surface area contributed by atoms with Crippen LogP contribution in [0, 0.1) is 0 Å². The van der Waals surface area contributed by atoms with Crippen LogP contribution in [0.4, 0.5) is 22.0 Å². The fraction of sp³-hybridized carbons (Fsp3) is 0.286. The Labute approximate surface area is 164 Å². The molecule has 0 unspecified atom stereocenters. The van der Waals surface area contributed by atoms with Gasteiger partial charge in [-0.3, -0.25) is 0 Å². The van der Waals surface area contributed by atoms with Crippen molar-refractivity contribution in [2.75, 3.05) is 6.61 Å². The lowest BCUT2D eigenvalue weighted by atomic mass is 10.2. The van der Waals surface area contributed by atoms with E-state index in [1.807, 2.05) is 19.1 Å². The summed E-state index contributed by atoms with van der Waals surface area (Å²) in [7, 11) is 0. The molecule has 2 aromatic carbocycles. The zero-order valence-electron chi connectivity index (χ0n) is 15.5. The van der Waals surface area contributed by atoms with Crippen molar-refractivity contribution >= 4 is 12.0 Å². The Balaban J connectivity index is 1.84. The van der Waals surface area contributed by atoms with Gasteiger partial charge in [0.2, 0.25) is 0 Å². The van der Waals surface area contributed by atoms with Gasteiger partial charge in [0.05, 0.1) is 12.2 Å². The second-order valence-corrected chi connectivity index (χ2v) is 6.14. The van der Waals surface area contributed by atoms with Crippen molar-refractivity contribution in [2.45, 2.75) is 31.9 Å². The molecule has 2 rings (SSSR count). The number of carbonyl (C=O) groups excluding carboxylic acids is 1. The van der Waals surface area contributed by atoms with Crippen LogP contribution in [0.5, 0.6) is 11.5 Å². The first-order valence-electron chi connectivity index (χ1n) is 8.75. The number of carbonyl (C=O) groups is 1. The molecular formula is C21H19F5O3. The maximum atomic E-state index is 12.8. The Bertz CT molecular complexity index is 825. The van der Waals surface area contributed by atoms with Crippen LogP contribution >= 0.6 is 0 Å². The maximum Gasteiger partial charge on any atom is 0.453 e. The maximum absolute atomic E-state index is 12.8. The van der Waals surface area contributed by atoms with Gasteiger partial charge in [-0.2, -0.15) is 22.0 Å². The van der Waals surface area contributed by atoms with Crippen molar-refractivity contribution in [1.82, 2.24) is 0 Å². The zero-order valence-corrected chi connectivity index (χ0v) is 15.5. The van der Waals surface area contributed by atoms with Gasteiger partial charge in [0, 0.05) is 6.42 Å². The van der Waals surface area contributed by atoms with Gasteiger partial charge in [-0.15, -0.1) is 0 Å². The molecule has 0 bridgehead atoms. The standard InChI is InChI=1S/C21H19F5O3/c1-2-4-15-5-9-18(10-6-15)29-19(27)16-7-11-17(12-8-16)28-14-3-13-20(22,23)21(24,25)26/h2,4-12H,3,13-14H2,1H3/b4-2+. The fourth-order valence-electron chi connectivity index (χ4n) is 2.32. The van der Waals surface area contributed by atoms with Crippen molar-refractivity contribution in [2.24, 2.45) is 0 Å². The molecule has 3 nitrogen and oxygen atoms in total. The van der Waals surface area contributed by atoms with Crippen molar-refractivity contribution in [1.29, 1.82) is 0 Å². The summed E-state index contributed by atoms with van der Waals surface area (Å²) in [5.74, 6) is -4.73. The van der Waals surface area contributed by atoms with Gasteiger partial charge in [-0.1, -0.05) is 24.3 Å². The SMILES string of the molecule is C/C=C/c1ccc(OC(=O)c2ccc(OCCCC(F)(F)C(F)(F)F)cc2)cc1. The minimum absolute atomic E-state index is 0.235. The van der Waals surface area contributed by atoms with Gasteiger partial charge in [-0.05, 0) is 55.3 Å². The molecular weight excluding hydrogens is 395 g/mol. The van der Waals surface area contributed by atoms with E-state index in [1.165, 1.54) is 24.3 Å². The van der Waals surface area contributed by atoms with E-state index in [2.05, 4.69) is 0 Å². The van der Waals surface area contributed by atoms with Crippen molar-refractivity contribution in [3.8, 4) is 11.5 Å². The second kappa shape index (κ2) is 9.54. The molecule has 0 fully saturated rings. The van der Waals surface area contributed by atoms with Crippen molar-refractivity contribution in [3.63, 3.8) is 0 Å². The Morgan fingerprint density at radius 3 is 2.07 bits per heavy atom. The highest BCUT2D eigenvalue weighted by molar-refractivity contribution is 5.91. The number of alkyl halides is 5. The largest absolute Gasteiger partial charge is 0.494 e. The third-order valence-corrected chi connectivity index (χ3v) is 3.86. The number of allylic oxidation sites excluding steroid dienone is 1. The minimum Gasteiger partial charge on any atom is -0.494 e. The van der Waals surface area contributed by atoms with Crippen LogP contribution in [-0.4, -0.2) is 24.7 Å². The van der Waals surface area contributed by atoms with Gasteiger partial charge in [0.25, 0.3) is 0 Å². The Hall–Kier alpha value is -2.90. The second-order valence-electron chi connectivity index (χ2n) is 6.14. The molecule has 0 spiro atoms. The van der Waals surface area contributed by atoms with Crippen LogP contribution in [0.1, 0.15) is 35.7 Å². The highest BCUT2D eigenvalue weighted by Gasteiger charge is 2.56. The first-order chi connectivity index (χ1) is 13.6. The first kappa shape index (κ1) is 22.4. The van der Waals surface area contributed by atoms with E-state index in [-0.39, 0.29) is 17.9 Å². The first-order valence-corrected chi connectivity index (χ1v) is 8.75. The van der Waals surface area contributed by atoms with Crippen LogP contribution < -0.4 is 9.47 Å². The Kier molecular flexibility index (Phi) is 7.36. The van der Waals surface area contributed by atoms with Gasteiger partial charge >= 0.3 is 18.1 Å². The smallest absolute Gasteiger partial charge is 0.453 e. The Morgan fingerprint density at radius 1 is 0.931 bits per heavy atom. The molecule has 0 amide bonds. The minimum atomic E-state index is -5.57. The average molecular weight is 414 g/mol. The van der Waals surface area contributed by atoms with Crippen LogP contribution in [0.15, 0.2) is 54.6 Å². The summed E-state index contributed by atoms with van der Waals surface area (Å²) in [6.45, 7) is 1.58. The molecule has 0 aliphatic heterocycles. The molecule has 29 heavy (non-hydrogen) atoms. The van der Waals surface area contributed by atoms with Crippen LogP contribution in [0.2, 0.25) is 0 Å². The van der Waals surface area contributed by atoms with Gasteiger partial charge in [0.1, 0.15) is 11.5 Å². The number of rotatable bonds is 8. The third kappa shape index (κ3) is 6.58. The molecule has 0 atom stereocenters. The quantitative estimate of drug-likeness (QED) is 0.220. The van der Waals surface area contributed by atoms with Crippen molar-refractivity contribution in [3.05, 3.63) is 65.7 Å². The molecule has 156 valence electrons. The topological polar surface area (TPSA) is 35.5 Å². The average Bonchev–Trinajstić information content (AvgIpc) is 2.66. The molecule has 0 radical (unpaired) electrons. The van der Waals surface area contributed by atoms with E-state index < -0.39 is 30.9 Å². The van der Waals surface area contributed by atoms with Gasteiger partial charge in [-0.25, -0.2) is 4.79 Å². The number of benzene rings is 2. The summed E-state index contributed by atoms with van der Waals surface area (Å²) in [4.78, 5) is 12.1. The third-order valence-electron chi connectivity index (χ3n) is 3.86.